The Labute approximate surface area is 113 Å². The predicted molar refractivity (Wildman–Crippen MR) is 76.4 cm³/mol. The summed E-state index contributed by atoms with van der Waals surface area (Å²) in [6.45, 7) is 6.57. The van der Waals surface area contributed by atoms with Gasteiger partial charge in [-0.2, -0.15) is 5.26 Å². The first-order chi connectivity index (χ1) is 8.42. The van der Waals surface area contributed by atoms with Crippen LogP contribution in [0.15, 0.2) is 0 Å². The van der Waals surface area contributed by atoms with Crippen molar-refractivity contribution in [3.63, 3.8) is 0 Å². The summed E-state index contributed by atoms with van der Waals surface area (Å²) in [5, 5.41) is 12.3. The highest BCUT2D eigenvalue weighted by atomic mass is 15.2. The van der Waals surface area contributed by atoms with Crippen molar-refractivity contribution >= 4 is 0 Å². The van der Waals surface area contributed by atoms with E-state index in [0.717, 1.165) is 19.5 Å². The Morgan fingerprint density at radius 2 is 1.89 bits per heavy atom. The molecule has 0 saturated heterocycles. The second kappa shape index (κ2) is 6.54. The summed E-state index contributed by atoms with van der Waals surface area (Å²) in [7, 11) is 4.40. The first-order valence-electron chi connectivity index (χ1n) is 7.17. The lowest BCUT2D eigenvalue weighted by Crippen LogP contribution is -2.50. The van der Waals surface area contributed by atoms with E-state index in [2.05, 4.69) is 44.2 Å². The molecule has 0 amide bonds. The fourth-order valence-corrected chi connectivity index (χ4v) is 2.93. The highest BCUT2D eigenvalue weighted by Crippen LogP contribution is 2.33. The van der Waals surface area contributed by atoms with Crippen LogP contribution in [0.3, 0.4) is 0 Å². The summed E-state index contributed by atoms with van der Waals surface area (Å²) in [5.74, 6) is 0. The summed E-state index contributed by atoms with van der Waals surface area (Å²) in [6.07, 6.45) is 6.98. The standard InChI is InChI=1S/C15H29N3/c1-14(2,8-7-11-16)12-17-13-15(18(3)4)9-5-6-10-15/h17H,5-10,12-13H2,1-4H3. The van der Waals surface area contributed by atoms with Gasteiger partial charge in [-0.1, -0.05) is 26.7 Å². The first-order valence-corrected chi connectivity index (χ1v) is 7.17. The van der Waals surface area contributed by atoms with E-state index in [9.17, 15) is 0 Å². The minimum atomic E-state index is 0.224. The van der Waals surface area contributed by atoms with Crippen LogP contribution in [0, 0.1) is 16.7 Å². The average molecular weight is 251 g/mol. The van der Waals surface area contributed by atoms with Gasteiger partial charge in [0.1, 0.15) is 0 Å². The molecule has 0 bridgehead atoms. The molecular formula is C15H29N3. The molecule has 0 aromatic heterocycles. The normalized spacial score (nSPS) is 19.1. The number of nitrogens with one attached hydrogen (secondary N) is 1. The molecule has 18 heavy (non-hydrogen) atoms. The van der Waals surface area contributed by atoms with Crippen LogP contribution in [-0.4, -0.2) is 37.6 Å². The zero-order valence-electron chi connectivity index (χ0n) is 12.6. The Hall–Kier alpha value is -0.590. The van der Waals surface area contributed by atoms with E-state index in [1.54, 1.807) is 0 Å². The van der Waals surface area contributed by atoms with Crippen molar-refractivity contribution in [2.45, 2.75) is 57.9 Å². The van der Waals surface area contributed by atoms with E-state index in [0.29, 0.717) is 12.0 Å². The Morgan fingerprint density at radius 3 is 2.39 bits per heavy atom. The molecule has 1 aliphatic rings. The van der Waals surface area contributed by atoms with Crippen molar-refractivity contribution in [2.75, 3.05) is 27.2 Å². The third-order valence-corrected chi connectivity index (χ3v) is 4.45. The third-order valence-electron chi connectivity index (χ3n) is 4.45. The molecule has 3 heteroatoms. The Bertz CT molecular complexity index is 283. The maximum absolute atomic E-state index is 8.66. The van der Waals surface area contributed by atoms with Gasteiger partial charge in [0.2, 0.25) is 0 Å². The van der Waals surface area contributed by atoms with Gasteiger partial charge in [0.05, 0.1) is 6.07 Å². The maximum Gasteiger partial charge on any atom is 0.0621 e. The third kappa shape index (κ3) is 4.26. The smallest absolute Gasteiger partial charge is 0.0621 e. The van der Waals surface area contributed by atoms with E-state index in [1.165, 1.54) is 25.7 Å². The van der Waals surface area contributed by atoms with Crippen LogP contribution in [0.25, 0.3) is 0 Å². The van der Waals surface area contributed by atoms with Gasteiger partial charge in [-0.25, -0.2) is 0 Å². The van der Waals surface area contributed by atoms with Gasteiger partial charge in [0.15, 0.2) is 0 Å². The van der Waals surface area contributed by atoms with Crippen molar-refractivity contribution in [3.05, 3.63) is 0 Å². The van der Waals surface area contributed by atoms with Crippen LogP contribution >= 0.6 is 0 Å². The van der Waals surface area contributed by atoms with Crippen molar-refractivity contribution in [1.29, 1.82) is 5.26 Å². The summed E-state index contributed by atoms with van der Waals surface area (Å²) in [6, 6.07) is 2.25. The van der Waals surface area contributed by atoms with Crippen molar-refractivity contribution in [1.82, 2.24) is 10.2 Å². The van der Waals surface area contributed by atoms with Gasteiger partial charge in [-0.05, 0) is 38.8 Å². The highest BCUT2D eigenvalue weighted by molar-refractivity contribution is 4.95. The molecule has 0 aromatic carbocycles. The van der Waals surface area contributed by atoms with Gasteiger partial charge in [-0.3, -0.25) is 0 Å². The van der Waals surface area contributed by atoms with Crippen LogP contribution in [0.5, 0.6) is 0 Å². The van der Waals surface area contributed by atoms with Gasteiger partial charge in [0, 0.05) is 25.0 Å². The molecular weight excluding hydrogens is 222 g/mol. The first kappa shape index (κ1) is 15.5. The minimum Gasteiger partial charge on any atom is -0.314 e. The minimum absolute atomic E-state index is 0.224. The molecule has 0 atom stereocenters. The molecule has 1 aliphatic carbocycles. The molecule has 0 spiro atoms. The molecule has 0 radical (unpaired) electrons. The number of hydrogen-bond acceptors (Lipinski definition) is 3. The van der Waals surface area contributed by atoms with Gasteiger partial charge in [0.25, 0.3) is 0 Å². The second-order valence-corrected chi connectivity index (χ2v) is 6.75. The Morgan fingerprint density at radius 1 is 1.28 bits per heavy atom. The van der Waals surface area contributed by atoms with Crippen LogP contribution in [0.1, 0.15) is 52.4 Å². The SMILES string of the molecule is CN(C)C1(CNCC(C)(C)CCC#N)CCCC1. The average Bonchev–Trinajstić information content (AvgIpc) is 2.76. The van der Waals surface area contributed by atoms with Crippen LogP contribution in [-0.2, 0) is 0 Å². The van der Waals surface area contributed by atoms with Gasteiger partial charge >= 0.3 is 0 Å². The zero-order chi connectivity index (χ0) is 13.6. The summed E-state index contributed by atoms with van der Waals surface area (Å²) < 4.78 is 0. The molecule has 3 nitrogen and oxygen atoms in total. The predicted octanol–water partition coefficient (Wildman–Crippen LogP) is 2.78. The Balaban J connectivity index is 2.38. The lowest BCUT2D eigenvalue weighted by atomic mass is 9.87. The largest absolute Gasteiger partial charge is 0.314 e. The van der Waals surface area contributed by atoms with Crippen LogP contribution in [0.2, 0.25) is 0 Å². The van der Waals surface area contributed by atoms with Gasteiger partial charge in [-0.15, -0.1) is 0 Å². The molecule has 1 N–H and O–H groups in total. The number of nitriles is 1. The molecule has 1 rings (SSSR count). The van der Waals surface area contributed by atoms with E-state index >= 15 is 0 Å². The maximum atomic E-state index is 8.66. The highest BCUT2D eigenvalue weighted by Gasteiger charge is 2.35. The van der Waals surface area contributed by atoms with Crippen LogP contribution < -0.4 is 5.32 Å². The van der Waals surface area contributed by atoms with Crippen molar-refractivity contribution in [3.8, 4) is 6.07 Å². The van der Waals surface area contributed by atoms with Crippen molar-refractivity contribution < 1.29 is 0 Å². The zero-order valence-corrected chi connectivity index (χ0v) is 12.6. The fourth-order valence-electron chi connectivity index (χ4n) is 2.93. The Kier molecular flexibility index (Phi) is 5.62. The monoisotopic (exact) mass is 251 g/mol. The van der Waals surface area contributed by atoms with E-state index in [4.69, 9.17) is 5.26 Å². The topological polar surface area (TPSA) is 39.1 Å². The molecule has 0 unspecified atom stereocenters. The summed E-state index contributed by atoms with van der Waals surface area (Å²) in [4.78, 5) is 2.40. The summed E-state index contributed by atoms with van der Waals surface area (Å²) >= 11 is 0. The van der Waals surface area contributed by atoms with Crippen molar-refractivity contribution in [2.24, 2.45) is 5.41 Å². The number of rotatable bonds is 7. The lowest BCUT2D eigenvalue weighted by Gasteiger charge is -2.38. The molecule has 0 aromatic rings. The molecule has 1 saturated carbocycles. The number of likely N-dealkylation sites (N-methyl/N-ethyl adjacent to an activating group) is 1. The molecule has 0 aliphatic heterocycles. The van der Waals surface area contributed by atoms with Crippen LogP contribution in [0.4, 0.5) is 0 Å². The number of hydrogen-bond donors (Lipinski definition) is 1. The van der Waals surface area contributed by atoms with Gasteiger partial charge < -0.3 is 10.2 Å². The molecule has 0 heterocycles. The number of nitrogens with zero attached hydrogens (tertiary/aromatic N) is 2. The fraction of sp³-hybridized carbons (Fsp3) is 0.933. The van der Waals surface area contributed by atoms with E-state index in [-0.39, 0.29) is 5.41 Å². The van der Waals surface area contributed by atoms with E-state index < -0.39 is 0 Å². The van der Waals surface area contributed by atoms with E-state index in [1.807, 2.05) is 0 Å². The molecule has 104 valence electrons. The quantitative estimate of drug-likeness (QED) is 0.756. The summed E-state index contributed by atoms with van der Waals surface area (Å²) in [5.41, 5.74) is 0.590. The second-order valence-electron chi connectivity index (χ2n) is 6.75. The lowest BCUT2D eigenvalue weighted by molar-refractivity contribution is 0.147. The molecule has 1 fully saturated rings.